The fourth-order valence-corrected chi connectivity index (χ4v) is 2.10. The highest BCUT2D eigenvalue weighted by atomic mass is 15.3. The molecule has 4 heteroatoms. The van der Waals surface area contributed by atoms with Crippen molar-refractivity contribution in [2.45, 2.75) is 13.1 Å². The normalized spacial score (nSPS) is 10.7. The molecular weight excluding hydrogens is 236 g/mol. The Morgan fingerprint density at radius 2 is 2.00 bits per heavy atom. The molecule has 4 nitrogen and oxygen atoms in total. The second kappa shape index (κ2) is 5.54. The Morgan fingerprint density at radius 1 is 1.05 bits per heavy atom. The molecule has 0 saturated heterocycles. The summed E-state index contributed by atoms with van der Waals surface area (Å²) in [5, 5.41) is 7.72. The average molecular weight is 252 g/mol. The molecule has 2 N–H and O–H groups in total. The van der Waals surface area contributed by atoms with Crippen LogP contribution in [0.4, 0.5) is 0 Å². The van der Waals surface area contributed by atoms with Crippen LogP contribution in [-0.4, -0.2) is 14.8 Å². The first-order valence-corrected chi connectivity index (χ1v) is 6.34. The number of benzene rings is 1. The number of aromatic amines is 1. The van der Waals surface area contributed by atoms with Crippen LogP contribution in [0.5, 0.6) is 0 Å². The van der Waals surface area contributed by atoms with Crippen molar-refractivity contribution in [3.05, 3.63) is 72.3 Å². The van der Waals surface area contributed by atoms with Gasteiger partial charge in [-0.05, 0) is 29.8 Å². The Morgan fingerprint density at radius 3 is 2.79 bits per heavy atom. The SMILES string of the molecule is c1c[nH]c(CNCc2ccccc2-n2cccn2)c1. The maximum absolute atomic E-state index is 4.29. The summed E-state index contributed by atoms with van der Waals surface area (Å²) < 4.78 is 1.89. The van der Waals surface area contributed by atoms with Crippen molar-refractivity contribution in [2.75, 3.05) is 0 Å². The van der Waals surface area contributed by atoms with Crippen LogP contribution in [0.15, 0.2) is 61.1 Å². The van der Waals surface area contributed by atoms with Gasteiger partial charge in [-0.2, -0.15) is 5.10 Å². The van der Waals surface area contributed by atoms with Gasteiger partial charge in [-0.15, -0.1) is 0 Å². The van der Waals surface area contributed by atoms with Gasteiger partial charge in [-0.3, -0.25) is 0 Å². The summed E-state index contributed by atoms with van der Waals surface area (Å²) in [4.78, 5) is 3.19. The van der Waals surface area contributed by atoms with Gasteiger partial charge in [0.1, 0.15) is 0 Å². The van der Waals surface area contributed by atoms with E-state index >= 15 is 0 Å². The molecule has 0 bridgehead atoms. The fourth-order valence-electron chi connectivity index (χ4n) is 2.10. The van der Waals surface area contributed by atoms with E-state index in [1.54, 1.807) is 6.20 Å². The molecule has 0 spiro atoms. The third kappa shape index (κ3) is 2.74. The molecule has 0 unspecified atom stereocenters. The fraction of sp³-hybridized carbons (Fsp3) is 0.133. The maximum Gasteiger partial charge on any atom is 0.0690 e. The molecule has 2 heterocycles. The third-order valence-corrected chi connectivity index (χ3v) is 3.04. The minimum atomic E-state index is 0.815. The van der Waals surface area contributed by atoms with Gasteiger partial charge in [-0.1, -0.05) is 18.2 Å². The van der Waals surface area contributed by atoms with E-state index in [9.17, 15) is 0 Å². The quantitative estimate of drug-likeness (QED) is 0.733. The van der Waals surface area contributed by atoms with Crippen molar-refractivity contribution < 1.29 is 0 Å². The molecule has 0 aliphatic heterocycles. The summed E-state index contributed by atoms with van der Waals surface area (Å²) in [5.41, 5.74) is 3.54. The molecule has 2 aromatic heterocycles. The summed E-state index contributed by atoms with van der Waals surface area (Å²) in [7, 11) is 0. The molecule has 0 fully saturated rings. The Labute approximate surface area is 112 Å². The summed E-state index contributed by atoms with van der Waals surface area (Å²) in [5.74, 6) is 0. The number of H-pyrrole nitrogens is 1. The molecule has 3 rings (SSSR count). The molecule has 0 amide bonds. The van der Waals surface area contributed by atoms with E-state index in [1.807, 2.05) is 35.3 Å². The predicted molar refractivity (Wildman–Crippen MR) is 74.9 cm³/mol. The molecule has 0 saturated carbocycles. The van der Waals surface area contributed by atoms with E-state index in [-0.39, 0.29) is 0 Å². The van der Waals surface area contributed by atoms with E-state index < -0.39 is 0 Å². The smallest absolute Gasteiger partial charge is 0.0690 e. The van der Waals surface area contributed by atoms with Gasteiger partial charge in [0.25, 0.3) is 0 Å². The first-order chi connectivity index (χ1) is 9.43. The van der Waals surface area contributed by atoms with E-state index in [2.05, 4.69) is 39.7 Å². The molecule has 1 aromatic carbocycles. The van der Waals surface area contributed by atoms with Crippen molar-refractivity contribution in [2.24, 2.45) is 0 Å². The molecule has 0 aliphatic rings. The Hall–Kier alpha value is -2.33. The summed E-state index contributed by atoms with van der Waals surface area (Å²) in [6.07, 6.45) is 5.70. The maximum atomic E-state index is 4.29. The highest BCUT2D eigenvalue weighted by molar-refractivity contribution is 5.40. The molecule has 3 aromatic rings. The summed E-state index contributed by atoms with van der Waals surface area (Å²) >= 11 is 0. The number of hydrogen-bond donors (Lipinski definition) is 2. The van der Waals surface area contributed by atoms with Crippen molar-refractivity contribution >= 4 is 0 Å². The Kier molecular flexibility index (Phi) is 3.42. The van der Waals surface area contributed by atoms with Crippen LogP contribution in [0.2, 0.25) is 0 Å². The lowest BCUT2D eigenvalue weighted by molar-refractivity contribution is 0.676. The van der Waals surface area contributed by atoms with Gasteiger partial charge in [0.05, 0.1) is 5.69 Å². The lowest BCUT2D eigenvalue weighted by Crippen LogP contribution is -2.14. The number of hydrogen-bond acceptors (Lipinski definition) is 2. The molecule has 96 valence electrons. The first kappa shape index (κ1) is 11.7. The zero-order valence-electron chi connectivity index (χ0n) is 10.6. The second-order valence-corrected chi connectivity index (χ2v) is 4.38. The van der Waals surface area contributed by atoms with Crippen molar-refractivity contribution in [3.63, 3.8) is 0 Å². The third-order valence-electron chi connectivity index (χ3n) is 3.04. The highest BCUT2D eigenvalue weighted by Gasteiger charge is 2.03. The highest BCUT2D eigenvalue weighted by Crippen LogP contribution is 2.13. The number of nitrogens with zero attached hydrogens (tertiary/aromatic N) is 2. The van der Waals surface area contributed by atoms with Crippen LogP contribution in [0.25, 0.3) is 5.69 Å². The molecule has 19 heavy (non-hydrogen) atoms. The number of rotatable bonds is 5. The molecule has 0 radical (unpaired) electrons. The average Bonchev–Trinajstić information content (AvgIpc) is 3.12. The van der Waals surface area contributed by atoms with E-state index in [4.69, 9.17) is 0 Å². The van der Waals surface area contributed by atoms with Crippen LogP contribution >= 0.6 is 0 Å². The van der Waals surface area contributed by atoms with Gasteiger partial charge in [0, 0.05) is 37.4 Å². The summed E-state index contributed by atoms with van der Waals surface area (Å²) in [6.45, 7) is 1.65. The zero-order valence-corrected chi connectivity index (χ0v) is 10.6. The van der Waals surface area contributed by atoms with Crippen LogP contribution in [0, 0.1) is 0 Å². The van der Waals surface area contributed by atoms with Gasteiger partial charge in [0.2, 0.25) is 0 Å². The van der Waals surface area contributed by atoms with Crippen LogP contribution in [0.1, 0.15) is 11.3 Å². The van der Waals surface area contributed by atoms with Crippen LogP contribution in [-0.2, 0) is 13.1 Å². The Balaban J connectivity index is 1.71. The Bertz CT molecular complexity index is 611. The van der Waals surface area contributed by atoms with Crippen molar-refractivity contribution in [1.82, 2.24) is 20.1 Å². The van der Waals surface area contributed by atoms with Gasteiger partial charge >= 0.3 is 0 Å². The van der Waals surface area contributed by atoms with Gasteiger partial charge in [0.15, 0.2) is 0 Å². The summed E-state index contributed by atoms with van der Waals surface area (Å²) in [6, 6.07) is 14.3. The lowest BCUT2D eigenvalue weighted by Gasteiger charge is -2.10. The van der Waals surface area contributed by atoms with E-state index in [0.29, 0.717) is 0 Å². The van der Waals surface area contributed by atoms with Crippen LogP contribution in [0.3, 0.4) is 0 Å². The number of para-hydroxylation sites is 1. The van der Waals surface area contributed by atoms with E-state index in [0.717, 1.165) is 18.8 Å². The zero-order chi connectivity index (χ0) is 12.9. The largest absolute Gasteiger partial charge is 0.364 e. The van der Waals surface area contributed by atoms with Crippen molar-refractivity contribution in [1.29, 1.82) is 0 Å². The molecule has 0 atom stereocenters. The van der Waals surface area contributed by atoms with Gasteiger partial charge in [-0.25, -0.2) is 4.68 Å². The number of aromatic nitrogens is 3. The topological polar surface area (TPSA) is 45.6 Å². The van der Waals surface area contributed by atoms with E-state index in [1.165, 1.54) is 11.3 Å². The lowest BCUT2D eigenvalue weighted by atomic mass is 10.2. The predicted octanol–water partition coefficient (Wildman–Crippen LogP) is 2.49. The monoisotopic (exact) mass is 252 g/mol. The van der Waals surface area contributed by atoms with Crippen molar-refractivity contribution in [3.8, 4) is 5.69 Å². The molecule has 0 aliphatic carbocycles. The molecular formula is C15H16N4. The standard InChI is InChI=1S/C15H16N4/c1-2-7-15(19-10-4-9-18-19)13(5-1)11-16-12-14-6-3-8-17-14/h1-10,16-17H,11-12H2. The minimum absolute atomic E-state index is 0.815. The van der Waals surface area contributed by atoms with Gasteiger partial charge < -0.3 is 10.3 Å². The second-order valence-electron chi connectivity index (χ2n) is 4.38. The number of nitrogens with one attached hydrogen (secondary N) is 2. The first-order valence-electron chi connectivity index (χ1n) is 6.34. The minimum Gasteiger partial charge on any atom is -0.364 e. The van der Waals surface area contributed by atoms with Crippen LogP contribution < -0.4 is 5.32 Å².